The van der Waals surface area contributed by atoms with E-state index in [4.69, 9.17) is 0 Å². The van der Waals surface area contributed by atoms with Crippen molar-refractivity contribution in [2.45, 2.75) is 18.4 Å². The van der Waals surface area contributed by atoms with Crippen molar-refractivity contribution < 1.29 is 4.79 Å². The van der Waals surface area contributed by atoms with Crippen molar-refractivity contribution in [3.63, 3.8) is 0 Å². The van der Waals surface area contributed by atoms with Gasteiger partial charge in [0.2, 0.25) is 0 Å². The molecule has 1 aliphatic heterocycles. The Morgan fingerprint density at radius 1 is 1.04 bits per heavy atom. The minimum Gasteiger partial charge on any atom is -0.353 e. The van der Waals surface area contributed by atoms with Gasteiger partial charge in [-0.25, -0.2) is 9.78 Å². The quantitative estimate of drug-likeness (QED) is 0.916. The number of aromatic nitrogens is 1. The Labute approximate surface area is 147 Å². The lowest BCUT2D eigenvalue weighted by molar-refractivity contribution is 0.193. The highest BCUT2D eigenvalue weighted by molar-refractivity contribution is 5.76. The van der Waals surface area contributed by atoms with E-state index in [-0.39, 0.29) is 6.03 Å². The largest absolute Gasteiger partial charge is 0.353 e. The second-order valence-corrected chi connectivity index (χ2v) is 7.23. The van der Waals surface area contributed by atoms with E-state index < -0.39 is 0 Å². The third-order valence-electron chi connectivity index (χ3n) is 5.87. The van der Waals surface area contributed by atoms with E-state index in [0.717, 1.165) is 38.4 Å². The minimum atomic E-state index is 0.0950. The van der Waals surface area contributed by atoms with E-state index in [2.05, 4.69) is 39.5 Å². The van der Waals surface area contributed by atoms with Crippen molar-refractivity contribution in [2.75, 3.05) is 31.1 Å². The number of hydrogen-bond acceptors (Lipinski definition) is 3. The second-order valence-electron chi connectivity index (χ2n) is 7.23. The van der Waals surface area contributed by atoms with Gasteiger partial charge < -0.3 is 15.1 Å². The summed E-state index contributed by atoms with van der Waals surface area (Å²) in [5, 5.41) is 3.27. The maximum absolute atomic E-state index is 12.6. The van der Waals surface area contributed by atoms with Crippen molar-refractivity contribution in [3.05, 3.63) is 59.8 Å². The van der Waals surface area contributed by atoms with Gasteiger partial charge in [-0.2, -0.15) is 0 Å². The van der Waals surface area contributed by atoms with E-state index in [0.29, 0.717) is 17.9 Å². The summed E-state index contributed by atoms with van der Waals surface area (Å²) in [5.41, 5.74) is 2.91. The predicted octanol–water partition coefficient (Wildman–Crippen LogP) is 2.25. The molecule has 2 amide bonds. The first-order chi connectivity index (χ1) is 12.3. The number of pyridine rings is 1. The number of nitrogens with one attached hydrogen (secondary N) is 1. The number of benzene rings is 1. The summed E-state index contributed by atoms with van der Waals surface area (Å²) in [4.78, 5) is 21.2. The van der Waals surface area contributed by atoms with E-state index >= 15 is 0 Å². The Morgan fingerprint density at radius 3 is 2.64 bits per heavy atom. The van der Waals surface area contributed by atoms with Crippen molar-refractivity contribution >= 4 is 11.8 Å². The van der Waals surface area contributed by atoms with Gasteiger partial charge >= 0.3 is 6.03 Å². The molecule has 128 valence electrons. The summed E-state index contributed by atoms with van der Waals surface area (Å²) >= 11 is 0. The van der Waals surface area contributed by atoms with Gasteiger partial charge in [-0.3, -0.25) is 0 Å². The maximum atomic E-state index is 12.6. The highest BCUT2D eigenvalue weighted by atomic mass is 16.2. The van der Waals surface area contributed by atoms with Crippen LogP contribution in [-0.4, -0.2) is 48.1 Å². The number of anilines is 1. The molecule has 3 atom stereocenters. The fourth-order valence-corrected chi connectivity index (χ4v) is 4.46. The van der Waals surface area contributed by atoms with E-state index in [1.54, 1.807) is 0 Å². The molecular weight excluding hydrogens is 312 g/mol. The number of nitrogens with zero attached hydrogens (tertiary/aromatic N) is 3. The fourth-order valence-electron chi connectivity index (χ4n) is 4.46. The molecule has 5 heteroatoms. The second kappa shape index (κ2) is 5.76. The van der Waals surface area contributed by atoms with Gasteiger partial charge in [0.05, 0.1) is 0 Å². The van der Waals surface area contributed by atoms with Gasteiger partial charge in [-0.05, 0) is 35.6 Å². The molecule has 2 aromatic rings. The number of fused-ring (bicyclic) bond motifs is 3. The molecule has 0 bridgehead atoms. The van der Waals surface area contributed by atoms with Crippen LogP contribution in [0.25, 0.3) is 0 Å². The smallest absolute Gasteiger partial charge is 0.317 e. The van der Waals surface area contributed by atoms with E-state index in [9.17, 15) is 4.79 Å². The molecule has 1 aromatic heterocycles. The third-order valence-corrected chi connectivity index (χ3v) is 5.87. The Balaban J connectivity index is 1.17. The van der Waals surface area contributed by atoms with Crippen molar-refractivity contribution in [1.29, 1.82) is 0 Å². The number of urea groups is 1. The predicted molar refractivity (Wildman–Crippen MR) is 96.7 cm³/mol. The van der Waals surface area contributed by atoms with Gasteiger partial charge in [0.25, 0.3) is 0 Å². The van der Waals surface area contributed by atoms with Crippen LogP contribution in [0, 0.1) is 5.92 Å². The summed E-state index contributed by atoms with van der Waals surface area (Å²) in [7, 11) is 0. The van der Waals surface area contributed by atoms with Crippen molar-refractivity contribution in [3.8, 4) is 0 Å². The molecule has 2 aliphatic carbocycles. The number of hydrogen-bond donors (Lipinski definition) is 1. The van der Waals surface area contributed by atoms with Crippen LogP contribution in [0.5, 0.6) is 0 Å². The van der Waals surface area contributed by atoms with Gasteiger partial charge in [0.15, 0.2) is 0 Å². The van der Waals surface area contributed by atoms with Crippen LogP contribution >= 0.6 is 0 Å². The highest BCUT2D eigenvalue weighted by Crippen LogP contribution is 2.56. The molecule has 1 saturated carbocycles. The zero-order valence-corrected chi connectivity index (χ0v) is 14.1. The maximum Gasteiger partial charge on any atom is 0.317 e. The molecule has 1 aromatic carbocycles. The first-order valence-corrected chi connectivity index (χ1v) is 9.10. The summed E-state index contributed by atoms with van der Waals surface area (Å²) in [5.74, 6) is 2.14. The summed E-state index contributed by atoms with van der Waals surface area (Å²) in [6, 6.07) is 15.0. The van der Waals surface area contributed by atoms with Gasteiger partial charge in [-0.15, -0.1) is 0 Å². The fraction of sp³-hybridized carbons (Fsp3) is 0.400. The van der Waals surface area contributed by atoms with Gasteiger partial charge in [-0.1, -0.05) is 30.3 Å². The molecule has 2 heterocycles. The summed E-state index contributed by atoms with van der Waals surface area (Å²) in [6.45, 7) is 3.18. The molecule has 3 aliphatic rings. The van der Waals surface area contributed by atoms with Crippen LogP contribution in [0.4, 0.5) is 10.6 Å². The number of piperazine rings is 1. The van der Waals surface area contributed by atoms with Crippen LogP contribution in [0.3, 0.4) is 0 Å². The summed E-state index contributed by atoms with van der Waals surface area (Å²) in [6.07, 6.45) is 2.93. The normalized spacial score (nSPS) is 26.8. The van der Waals surface area contributed by atoms with Crippen LogP contribution in [-0.2, 0) is 6.42 Å². The number of amides is 2. The molecule has 25 heavy (non-hydrogen) atoms. The Morgan fingerprint density at radius 2 is 1.84 bits per heavy atom. The SMILES string of the molecule is O=C(NC1C2Cc3ccccc3C21)N1CCN(c2ccccn2)CC1. The Bertz CT molecular complexity index is 785. The first kappa shape index (κ1) is 14.8. The minimum absolute atomic E-state index is 0.0950. The first-order valence-electron chi connectivity index (χ1n) is 9.10. The average molecular weight is 334 g/mol. The third kappa shape index (κ3) is 2.54. The lowest BCUT2D eigenvalue weighted by Gasteiger charge is -2.35. The molecule has 3 unspecified atom stereocenters. The van der Waals surface area contributed by atoms with Crippen LogP contribution < -0.4 is 10.2 Å². The van der Waals surface area contributed by atoms with E-state index in [1.807, 2.05) is 29.3 Å². The molecule has 0 spiro atoms. The average Bonchev–Trinajstić information content (AvgIpc) is 3.18. The Kier molecular flexibility index (Phi) is 3.40. The zero-order chi connectivity index (χ0) is 16.8. The van der Waals surface area contributed by atoms with Crippen LogP contribution in [0.1, 0.15) is 17.0 Å². The number of carbonyl (C=O) groups excluding carboxylic acids is 1. The molecular formula is C20H22N4O. The molecule has 1 N–H and O–H groups in total. The zero-order valence-electron chi connectivity index (χ0n) is 14.1. The lowest BCUT2D eigenvalue weighted by Crippen LogP contribution is -2.52. The molecule has 5 rings (SSSR count). The van der Waals surface area contributed by atoms with Gasteiger partial charge in [0.1, 0.15) is 5.82 Å². The number of carbonyl (C=O) groups is 1. The molecule has 1 saturated heterocycles. The van der Waals surface area contributed by atoms with Gasteiger partial charge in [0, 0.05) is 44.3 Å². The lowest BCUT2D eigenvalue weighted by atomic mass is 10.1. The molecule has 2 fully saturated rings. The summed E-state index contributed by atoms with van der Waals surface area (Å²) < 4.78 is 0. The highest BCUT2D eigenvalue weighted by Gasteiger charge is 2.56. The van der Waals surface area contributed by atoms with Crippen molar-refractivity contribution in [1.82, 2.24) is 15.2 Å². The van der Waals surface area contributed by atoms with Crippen LogP contribution in [0.15, 0.2) is 48.7 Å². The van der Waals surface area contributed by atoms with E-state index in [1.165, 1.54) is 11.1 Å². The molecule has 0 radical (unpaired) electrons. The molecule has 5 nitrogen and oxygen atoms in total. The number of rotatable bonds is 2. The van der Waals surface area contributed by atoms with Crippen molar-refractivity contribution in [2.24, 2.45) is 5.92 Å². The monoisotopic (exact) mass is 334 g/mol. The van der Waals surface area contributed by atoms with Crippen LogP contribution in [0.2, 0.25) is 0 Å². The Hall–Kier alpha value is -2.56. The topological polar surface area (TPSA) is 48.5 Å². The standard InChI is InChI=1S/C20H22N4O/c25-20(22-19-16-13-14-5-1-2-6-15(14)18(16)19)24-11-9-23(10-12-24)17-7-3-4-8-21-17/h1-8,16,18-19H,9-13H2,(H,22,25).